The number of nitrogens with one attached hydrogen (secondary N) is 1. The number of carbonyl (C=O) groups excluding carboxylic acids is 1. The molecule has 0 radical (unpaired) electrons. The third kappa shape index (κ3) is 42.3. The highest BCUT2D eigenvalue weighted by Crippen LogP contribution is 2.43. The lowest BCUT2D eigenvalue weighted by molar-refractivity contribution is -0.870. The number of phosphoric acid groups is 1. The van der Waals surface area contributed by atoms with Crippen molar-refractivity contribution < 1.29 is 32.9 Å². The number of unbranched alkanes of at least 4 members (excludes halogenated alkanes) is 21. The molecule has 0 aromatic heterocycles. The molecule has 0 aliphatic heterocycles. The van der Waals surface area contributed by atoms with Gasteiger partial charge in [-0.15, -0.1) is 0 Å². The fourth-order valence-corrected chi connectivity index (χ4v) is 7.25. The molecule has 338 valence electrons. The second-order valence-corrected chi connectivity index (χ2v) is 18.6. The van der Waals surface area contributed by atoms with Crippen molar-refractivity contribution in [3.8, 4) is 0 Å². The molecule has 3 N–H and O–H groups in total. The van der Waals surface area contributed by atoms with Crippen molar-refractivity contribution in [2.24, 2.45) is 0 Å². The largest absolute Gasteiger partial charge is 0.472 e. The van der Waals surface area contributed by atoms with Crippen LogP contribution in [0.2, 0.25) is 0 Å². The number of amides is 1. The third-order valence-corrected chi connectivity index (χ3v) is 11.2. The zero-order valence-corrected chi connectivity index (χ0v) is 39.2. The van der Waals surface area contributed by atoms with Gasteiger partial charge >= 0.3 is 7.82 Å². The Balaban J connectivity index is 3.73. The maximum absolute atomic E-state index is 12.7. The number of carbonyl (C=O) groups is 1. The second kappa shape index (κ2) is 40.6. The smallest absolute Gasteiger partial charge is 0.387 e. The van der Waals surface area contributed by atoms with Crippen LogP contribution in [0.1, 0.15) is 194 Å². The van der Waals surface area contributed by atoms with Crippen molar-refractivity contribution in [3.05, 3.63) is 60.8 Å². The van der Waals surface area contributed by atoms with Crippen LogP contribution < -0.4 is 5.32 Å². The minimum absolute atomic E-state index is 0.0593. The molecule has 0 spiro atoms. The Morgan fingerprint density at radius 1 is 0.603 bits per heavy atom. The number of aliphatic hydroxyl groups is 1. The van der Waals surface area contributed by atoms with Crippen LogP contribution in [0.3, 0.4) is 0 Å². The number of likely N-dealkylation sites (N-methyl/N-ethyl adjacent to an activating group) is 1. The summed E-state index contributed by atoms with van der Waals surface area (Å²) >= 11 is 0. The normalized spacial score (nSPS) is 14.8. The SMILES string of the molecule is CC/C=C\C/C=C\C/C=C\C/C=C\CCCCCCCCCCCCCCCCCCCCCCC(=O)NC(COP(=O)(O)OCC[N+](C)(C)C)C(O)/C=C/CCC. The minimum atomic E-state index is -4.31. The molecule has 0 saturated carbocycles. The van der Waals surface area contributed by atoms with Crippen molar-refractivity contribution in [3.63, 3.8) is 0 Å². The van der Waals surface area contributed by atoms with Crippen LogP contribution in [0, 0.1) is 0 Å². The molecule has 0 aromatic rings. The molecule has 9 heteroatoms. The van der Waals surface area contributed by atoms with E-state index in [1.165, 1.54) is 116 Å². The molecule has 1 amide bonds. The highest BCUT2D eigenvalue weighted by molar-refractivity contribution is 7.47. The number of phosphoric ester groups is 1. The summed E-state index contributed by atoms with van der Waals surface area (Å²) in [7, 11) is 1.56. The van der Waals surface area contributed by atoms with E-state index in [9.17, 15) is 19.4 Å². The van der Waals surface area contributed by atoms with Gasteiger partial charge < -0.3 is 19.8 Å². The summed E-state index contributed by atoms with van der Waals surface area (Å²) in [4.78, 5) is 22.8. The molecule has 0 heterocycles. The number of aliphatic hydroxyl groups excluding tert-OH is 1. The van der Waals surface area contributed by atoms with Crippen molar-refractivity contribution in [2.45, 2.75) is 206 Å². The molecule has 0 bridgehead atoms. The van der Waals surface area contributed by atoms with Crippen LogP contribution in [0.25, 0.3) is 0 Å². The van der Waals surface area contributed by atoms with Gasteiger partial charge in [0.2, 0.25) is 5.91 Å². The number of hydrogen-bond donors (Lipinski definition) is 3. The van der Waals surface area contributed by atoms with Crippen molar-refractivity contribution in [1.29, 1.82) is 0 Å². The van der Waals surface area contributed by atoms with Gasteiger partial charge in [-0.05, 0) is 51.4 Å². The lowest BCUT2D eigenvalue weighted by atomic mass is 10.0. The summed E-state index contributed by atoms with van der Waals surface area (Å²) in [6.45, 7) is 4.48. The molecule has 0 aliphatic rings. The predicted molar refractivity (Wildman–Crippen MR) is 249 cm³/mol. The first-order chi connectivity index (χ1) is 28.0. The minimum Gasteiger partial charge on any atom is -0.387 e. The summed E-state index contributed by atoms with van der Waals surface area (Å²) in [5.41, 5.74) is 0. The first-order valence-electron chi connectivity index (χ1n) is 23.7. The molecule has 8 nitrogen and oxygen atoms in total. The molecule has 3 unspecified atom stereocenters. The maximum atomic E-state index is 12.7. The van der Waals surface area contributed by atoms with Gasteiger partial charge in [-0.25, -0.2) is 4.57 Å². The van der Waals surface area contributed by atoms with E-state index in [-0.39, 0.29) is 19.1 Å². The van der Waals surface area contributed by atoms with Crippen molar-refractivity contribution >= 4 is 13.7 Å². The van der Waals surface area contributed by atoms with E-state index < -0.39 is 20.0 Å². The Hall–Kier alpha value is -1.80. The summed E-state index contributed by atoms with van der Waals surface area (Å²) in [5.74, 6) is -0.189. The van der Waals surface area contributed by atoms with Crippen LogP contribution in [-0.4, -0.2) is 73.4 Å². The topological polar surface area (TPSA) is 105 Å². The molecule has 0 saturated heterocycles. The van der Waals surface area contributed by atoms with Crippen molar-refractivity contribution in [1.82, 2.24) is 5.32 Å². The number of hydrogen-bond acceptors (Lipinski definition) is 5. The lowest BCUT2D eigenvalue weighted by Crippen LogP contribution is -2.45. The van der Waals surface area contributed by atoms with E-state index in [1.54, 1.807) is 6.08 Å². The first-order valence-corrected chi connectivity index (χ1v) is 25.2. The molecular weight excluding hydrogens is 744 g/mol. The molecule has 58 heavy (non-hydrogen) atoms. The van der Waals surface area contributed by atoms with E-state index in [2.05, 4.69) is 60.8 Å². The predicted octanol–water partition coefficient (Wildman–Crippen LogP) is 13.4. The zero-order chi connectivity index (χ0) is 42.8. The Kier molecular flexibility index (Phi) is 39.3. The Bertz CT molecular complexity index is 1130. The van der Waals surface area contributed by atoms with Crippen LogP contribution in [-0.2, 0) is 18.4 Å². The van der Waals surface area contributed by atoms with Gasteiger partial charge in [-0.2, -0.15) is 0 Å². The van der Waals surface area contributed by atoms with E-state index in [1.807, 2.05) is 34.1 Å². The molecule has 0 rings (SSSR count). The van der Waals surface area contributed by atoms with Gasteiger partial charge in [0.1, 0.15) is 13.2 Å². The van der Waals surface area contributed by atoms with Gasteiger partial charge in [-0.3, -0.25) is 13.8 Å². The Morgan fingerprint density at radius 3 is 1.48 bits per heavy atom. The lowest BCUT2D eigenvalue weighted by Gasteiger charge is -2.25. The van der Waals surface area contributed by atoms with Crippen LogP contribution in [0.5, 0.6) is 0 Å². The summed E-state index contributed by atoms with van der Waals surface area (Å²) in [6.07, 6.45) is 54.1. The monoisotopic (exact) mass is 836 g/mol. The van der Waals surface area contributed by atoms with Crippen LogP contribution in [0.15, 0.2) is 60.8 Å². The standard InChI is InChI=1S/C49H91N2O6P/c1-6-8-10-11-12-13-14-15-16-17-18-19-20-21-22-23-24-25-26-27-28-29-30-31-32-33-34-35-36-37-38-39-41-43-49(53)50-47(48(52)42-40-9-7-2)46-57-58(54,55)56-45-44-51(3,4)5/h8,10,12-13,15-16,18-19,40,42,47-48,52H,6-7,9,11,14,17,20-39,41,43-46H2,1-5H3,(H-,50,53,54,55)/p+1/b10-8-,13-12-,16-15-,19-18-,42-40+. The summed E-state index contributed by atoms with van der Waals surface area (Å²) in [6, 6.07) is -0.841. The molecular formula is C49H92N2O6P+. The average molecular weight is 836 g/mol. The van der Waals surface area contributed by atoms with E-state index in [0.29, 0.717) is 17.4 Å². The average Bonchev–Trinajstić information content (AvgIpc) is 3.17. The Labute approximate surface area is 358 Å². The van der Waals surface area contributed by atoms with Gasteiger partial charge in [0.15, 0.2) is 0 Å². The van der Waals surface area contributed by atoms with E-state index >= 15 is 0 Å². The fourth-order valence-electron chi connectivity index (χ4n) is 6.51. The summed E-state index contributed by atoms with van der Waals surface area (Å²) in [5, 5.41) is 13.5. The zero-order valence-electron chi connectivity index (χ0n) is 38.3. The molecule has 0 fully saturated rings. The Morgan fingerprint density at radius 2 is 1.03 bits per heavy atom. The quantitative estimate of drug-likeness (QED) is 0.0245. The fraction of sp³-hybridized carbons (Fsp3) is 0.776. The first kappa shape index (κ1) is 56.2. The third-order valence-electron chi connectivity index (χ3n) is 10.2. The number of rotatable bonds is 42. The number of quaternary nitrogens is 1. The highest BCUT2D eigenvalue weighted by Gasteiger charge is 2.27. The van der Waals surface area contributed by atoms with Crippen LogP contribution in [0.4, 0.5) is 0 Å². The van der Waals surface area contributed by atoms with E-state index in [0.717, 1.165) is 57.8 Å². The van der Waals surface area contributed by atoms with Gasteiger partial charge in [0.05, 0.1) is 39.9 Å². The molecule has 3 atom stereocenters. The number of nitrogens with zero attached hydrogens (tertiary/aromatic N) is 1. The van der Waals surface area contributed by atoms with Gasteiger partial charge in [0, 0.05) is 6.42 Å². The van der Waals surface area contributed by atoms with Gasteiger partial charge in [0.25, 0.3) is 0 Å². The van der Waals surface area contributed by atoms with E-state index in [4.69, 9.17) is 9.05 Å². The summed E-state index contributed by atoms with van der Waals surface area (Å²) < 4.78 is 23.2. The van der Waals surface area contributed by atoms with Crippen molar-refractivity contribution in [2.75, 3.05) is 40.9 Å². The van der Waals surface area contributed by atoms with Gasteiger partial charge in [-0.1, -0.05) is 197 Å². The van der Waals surface area contributed by atoms with Crippen LogP contribution >= 0.6 is 7.82 Å². The second-order valence-electron chi connectivity index (χ2n) is 17.1. The molecule has 0 aliphatic carbocycles. The maximum Gasteiger partial charge on any atom is 0.472 e. The highest BCUT2D eigenvalue weighted by atomic mass is 31.2. The molecule has 0 aromatic carbocycles. The number of allylic oxidation sites excluding steroid dienone is 9.